The summed E-state index contributed by atoms with van der Waals surface area (Å²) < 4.78 is 37.3. The lowest BCUT2D eigenvalue weighted by atomic mass is 10.2. The Hall–Kier alpha value is -2.32. The molecule has 0 aliphatic heterocycles. The second-order valence-corrected chi connectivity index (χ2v) is 4.55. The SMILES string of the molecule is CC(C)N(C/C(N)=N/O)C(=O)c1ccc(C(F)(F)F)cn1. The van der Waals surface area contributed by atoms with Crippen molar-refractivity contribution in [2.75, 3.05) is 6.54 Å². The van der Waals surface area contributed by atoms with Crippen LogP contribution in [0, 0.1) is 0 Å². The number of alkyl halides is 3. The van der Waals surface area contributed by atoms with Crippen LogP contribution in [0.4, 0.5) is 13.2 Å². The maximum atomic E-state index is 12.4. The van der Waals surface area contributed by atoms with Crippen molar-refractivity contribution < 1.29 is 23.2 Å². The Balaban J connectivity index is 2.99. The molecule has 1 heterocycles. The zero-order valence-corrected chi connectivity index (χ0v) is 11.4. The highest BCUT2D eigenvalue weighted by atomic mass is 19.4. The highest BCUT2D eigenvalue weighted by molar-refractivity contribution is 5.95. The van der Waals surface area contributed by atoms with Crippen LogP contribution in [0.3, 0.4) is 0 Å². The first-order valence-corrected chi connectivity index (χ1v) is 5.97. The van der Waals surface area contributed by atoms with Crippen molar-refractivity contribution in [1.29, 1.82) is 0 Å². The third-order valence-corrected chi connectivity index (χ3v) is 2.65. The van der Waals surface area contributed by atoms with E-state index >= 15 is 0 Å². The summed E-state index contributed by atoms with van der Waals surface area (Å²) in [6, 6.07) is 1.47. The third-order valence-electron chi connectivity index (χ3n) is 2.65. The van der Waals surface area contributed by atoms with Crippen molar-refractivity contribution in [2.24, 2.45) is 10.9 Å². The number of nitrogens with zero attached hydrogens (tertiary/aromatic N) is 3. The molecule has 3 N–H and O–H groups in total. The van der Waals surface area contributed by atoms with Gasteiger partial charge in [0.25, 0.3) is 5.91 Å². The lowest BCUT2D eigenvalue weighted by Crippen LogP contribution is -2.43. The van der Waals surface area contributed by atoms with E-state index in [1.807, 2.05) is 0 Å². The molecule has 116 valence electrons. The molecule has 0 radical (unpaired) electrons. The Bertz CT molecular complexity index is 526. The summed E-state index contributed by atoms with van der Waals surface area (Å²) in [5, 5.41) is 11.3. The molecule has 0 aromatic carbocycles. The molecule has 0 bridgehead atoms. The molecule has 21 heavy (non-hydrogen) atoms. The van der Waals surface area contributed by atoms with E-state index in [1.165, 1.54) is 4.90 Å². The molecule has 1 aromatic heterocycles. The van der Waals surface area contributed by atoms with E-state index in [4.69, 9.17) is 10.9 Å². The number of hydrogen-bond donors (Lipinski definition) is 2. The van der Waals surface area contributed by atoms with Gasteiger partial charge in [0.05, 0.1) is 12.1 Å². The second-order valence-electron chi connectivity index (χ2n) is 4.55. The Morgan fingerprint density at radius 1 is 1.48 bits per heavy atom. The van der Waals surface area contributed by atoms with E-state index in [1.54, 1.807) is 13.8 Å². The van der Waals surface area contributed by atoms with Gasteiger partial charge in [0.1, 0.15) is 5.69 Å². The van der Waals surface area contributed by atoms with Gasteiger partial charge in [-0.25, -0.2) is 0 Å². The minimum atomic E-state index is -4.51. The number of rotatable bonds is 4. The van der Waals surface area contributed by atoms with Gasteiger partial charge in [0.15, 0.2) is 5.84 Å². The molecule has 0 saturated carbocycles. The molecule has 0 spiro atoms. The van der Waals surface area contributed by atoms with Crippen LogP contribution in [0.5, 0.6) is 0 Å². The van der Waals surface area contributed by atoms with Gasteiger partial charge in [0.2, 0.25) is 0 Å². The number of carbonyl (C=O) groups is 1. The van der Waals surface area contributed by atoms with E-state index in [9.17, 15) is 18.0 Å². The van der Waals surface area contributed by atoms with Crippen molar-refractivity contribution in [3.63, 3.8) is 0 Å². The van der Waals surface area contributed by atoms with Gasteiger partial charge in [-0.2, -0.15) is 13.2 Å². The summed E-state index contributed by atoms with van der Waals surface area (Å²) in [6.07, 6.45) is -3.92. The van der Waals surface area contributed by atoms with Crippen LogP contribution in [0.25, 0.3) is 0 Å². The highest BCUT2D eigenvalue weighted by Gasteiger charge is 2.31. The maximum Gasteiger partial charge on any atom is 0.417 e. The van der Waals surface area contributed by atoms with E-state index in [0.29, 0.717) is 6.20 Å². The number of hydrogen-bond acceptors (Lipinski definition) is 4. The third kappa shape index (κ3) is 4.33. The summed E-state index contributed by atoms with van der Waals surface area (Å²) in [5.41, 5.74) is 4.26. The van der Waals surface area contributed by atoms with E-state index in [0.717, 1.165) is 12.1 Å². The number of amides is 1. The van der Waals surface area contributed by atoms with Gasteiger partial charge in [-0.3, -0.25) is 9.78 Å². The number of pyridine rings is 1. The van der Waals surface area contributed by atoms with Crippen LogP contribution in [-0.4, -0.2) is 39.4 Å². The topological polar surface area (TPSA) is 91.8 Å². The van der Waals surface area contributed by atoms with Crippen LogP contribution in [0.2, 0.25) is 0 Å². The molecular weight excluding hydrogens is 289 g/mol. The number of aromatic nitrogens is 1. The van der Waals surface area contributed by atoms with Crippen LogP contribution >= 0.6 is 0 Å². The van der Waals surface area contributed by atoms with Crippen molar-refractivity contribution >= 4 is 11.7 Å². The molecule has 1 rings (SSSR count). The number of oxime groups is 1. The van der Waals surface area contributed by atoms with Crippen LogP contribution in [-0.2, 0) is 6.18 Å². The minimum absolute atomic E-state index is 0.151. The summed E-state index contributed by atoms with van der Waals surface area (Å²) in [6.45, 7) is 3.22. The quantitative estimate of drug-likeness (QED) is 0.383. The van der Waals surface area contributed by atoms with Gasteiger partial charge < -0.3 is 15.8 Å². The van der Waals surface area contributed by atoms with E-state index in [-0.39, 0.29) is 24.1 Å². The van der Waals surface area contributed by atoms with Crippen LogP contribution in [0.15, 0.2) is 23.5 Å². The number of nitrogens with two attached hydrogens (primary N) is 1. The molecular formula is C12H15F3N4O2. The average Bonchev–Trinajstić information content (AvgIpc) is 2.42. The molecule has 0 saturated heterocycles. The normalized spacial score (nSPS) is 12.6. The Kier molecular flexibility index (Phi) is 5.12. The molecule has 9 heteroatoms. The maximum absolute atomic E-state index is 12.4. The van der Waals surface area contributed by atoms with Crippen LogP contribution in [0.1, 0.15) is 29.9 Å². The predicted octanol–water partition coefficient (Wildman–Crippen LogP) is 1.70. The largest absolute Gasteiger partial charge is 0.417 e. The summed E-state index contributed by atoms with van der Waals surface area (Å²) >= 11 is 0. The molecule has 1 amide bonds. The van der Waals surface area contributed by atoms with Crippen molar-refractivity contribution in [2.45, 2.75) is 26.1 Å². The Morgan fingerprint density at radius 3 is 2.48 bits per heavy atom. The number of amidine groups is 1. The second kappa shape index (κ2) is 6.42. The summed E-state index contributed by atoms with van der Waals surface area (Å²) in [5.74, 6) is -0.797. The molecule has 0 unspecified atom stereocenters. The fourth-order valence-corrected chi connectivity index (χ4v) is 1.53. The monoisotopic (exact) mass is 304 g/mol. The van der Waals surface area contributed by atoms with E-state index in [2.05, 4.69) is 10.1 Å². The molecule has 0 fully saturated rings. The van der Waals surface area contributed by atoms with E-state index < -0.39 is 17.6 Å². The fourth-order valence-electron chi connectivity index (χ4n) is 1.53. The van der Waals surface area contributed by atoms with Gasteiger partial charge in [-0.1, -0.05) is 5.16 Å². The van der Waals surface area contributed by atoms with Gasteiger partial charge in [0, 0.05) is 12.2 Å². The summed E-state index contributed by atoms with van der Waals surface area (Å²) in [4.78, 5) is 16.9. The Labute approximate surface area is 119 Å². The van der Waals surface area contributed by atoms with Gasteiger partial charge >= 0.3 is 6.18 Å². The Morgan fingerprint density at radius 2 is 2.10 bits per heavy atom. The average molecular weight is 304 g/mol. The lowest BCUT2D eigenvalue weighted by Gasteiger charge is -2.25. The smallest absolute Gasteiger partial charge is 0.409 e. The fraction of sp³-hybridized carbons (Fsp3) is 0.417. The first-order valence-electron chi connectivity index (χ1n) is 5.97. The predicted molar refractivity (Wildman–Crippen MR) is 68.8 cm³/mol. The highest BCUT2D eigenvalue weighted by Crippen LogP contribution is 2.28. The summed E-state index contributed by atoms with van der Waals surface area (Å²) in [7, 11) is 0. The molecule has 1 aromatic rings. The lowest BCUT2D eigenvalue weighted by molar-refractivity contribution is -0.137. The number of carbonyl (C=O) groups excluding carboxylic acids is 1. The first kappa shape index (κ1) is 16.7. The zero-order valence-electron chi connectivity index (χ0n) is 11.4. The first-order chi connectivity index (χ1) is 9.66. The van der Waals surface area contributed by atoms with Gasteiger partial charge in [-0.15, -0.1) is 0 Å². The number of halogens is 3. The standard InChI is InChI=1S/C12H15F3N4O2/c1-7(2)19(6-10(16)18-21)11(20)9-4-3-8(5-17-9)12(13,14)15/h3-5,7,21H,6H2,1-2H3,(H2,16,18). The molecule has 6 nitrogen and oxygen atoms in total. The van der Waals surface area contributed by atoms with Gasteiger partial charge in [-0.05, 0) is 26.0 Å². The van der Waals surface area contributed by atoms with Crippen molar-refractivity contribution in [1.82, 2.24) is 9.88 Å². The minimum Gasteiger partial charge on any atom is -0.409 e. The van der Waals surface area contributed by atoms with Crippen LogP contribution < -0.4 is 5.73 Å². The molecule has 0 aliphatic rings. The van der Waals surface area contributed by atoms with Crippen molar-refractivity contribution in [3.8, 4) is 0 Å². The molecule has 0 atom stereocenters. The molecule has 0 aliphatic carbocycles. The zero-order chi connectivity index (χ0) is 16.2. The van der Waals surface area contributed by atoms with Crippen molar-refractivity contribution in [3.05, 3.63) is 29.6 Å².